The second-order valence-electron chi connectivity index (χ2n) is 4.00. The van der Waals surface area contributed by atoms with Gasteiger partial charge in [-0.05, 0) is 0 Å². The van der Waals surface area contributed by atoms with E-state index >= 15 is 0 Å². The molecule has 2 heteroatoms. The fourth-order valence-electron chi connectivity index (χ4n) is 2.06. The van der Waals surface area contributed by atoms with E-state index in [4.69, 9.17) is 4.42 Å². The molecule has 16 heavy (non-hydrogen) atoms. The van der Waals surface area contributed by atoms with Gasteiger partial charge < -0.3 is 9.52 Å². The molecule has 0 saturated heterocycles. The minimum Gasteiger partial charge on any atom is -0.463 e. The summed E-state index contributed by atoms with van der Waals surface area (Å²) in [6.07, 6.45) is 5.75. The first-order chi connectivity index (χ1) is 7.84. The van der Waals surface area contributed by atoms with E-state index in [-0.39, 0.29) is 6.10 Å². The van der Waals surface area contributed by atoms with Gasteiger partial charge in [0.1, 0.15) is 5.76 Å². The van der Waals surface area contributed by atoms with E-state index < -0.39 is 0 Å². The van der Waals surface area contributed by atoms with Crippen LogP contribution in [0.5, 0.6) is 0 Å². The number of fused-ring (bicyclic) bond motifs is 1. The Morgan fingerprint density at radius 1 is 1.19 bits per heavy atom. The number of furan rings is 1. The predicted octanol–water partition coefficient (Wildman–Crippen LogP) is 2.88. The Kier molecular flexibility index (Phi) is 2.15. The monoisotopic (exact) mass is 212 g/mol. The van der Waals surface area contributed by atoms with Crippen LogP contribution < -0.4 is 0 Å². The van der Waals surface area contributed by atoms with Crippen molar-refractivity contribution in [2.45, 2.75) is 12.5 Å². The second-order valence-corrected chi connectivity index (χ2v) is 4.00. The van der Waals surface area contributed by atoms with Crippen LogP contribution in [0.15, 0.2) is 47.1 Å². The maximum atomic E-state index is 9.51. The number of rotatable bonds is 1. The number of aliphatic hydroxyl groups excluding tert-OH is 1. The lowest BCUT2D eigenvalue weighted by atomic mass is 9.96. The Morgan fingerprint density at radius 3 is 2.81 bits per heavy atom. The summed E-state index contributed by atoms with van der Waals surface area (Å²) >= 11 is 0. The molecule has 1 N–H and O–H groups in total. The average molecular weight is 212 g/mol. The van der Waals surface area contributed by atoms with Crippen LogP contribution >= 0.6 is 0 Å². The van der Waals surface area contributed by atoms with Crippen molar-refractivity contribution in [2.75, 3.05) is 0 Å². The molecule has 0 saturated carbocycles. The lowest BCUT2D eigenvalue weighted by Crippen LogP contribution is -2.10. The topological polar surface area (TPSA) is 33.4 Å². The van der Waals surface area contributed by atoms with Crippen LogP contribution in [0.25, 0.3) is 17.4 Å². The van der Waals surface area contributed by atoms with Crippen molar-refractivity contribution < 1.29 is 9.52 Å². The molecule has 1 aromatic carbocycles. The standard InChI is InChI=1S/C14H12O2/c15-12-6-7-13-11(8-12)9-16-14(13)10-4-2-1-3-5-10/h1-7,9,12,15H,8H2. The van der Waals surface area contributed by atoms with Crippen LogP contribution in [0.3, 0.4) is 0 Å². The molecule has 1 aromatic heterocycles. The van der Waals surface area contributed by atoms with E-state index in [9.17, 15) is 5.11 Å². The number of hydrogen-bond donors (Lipinski definition) is 1. The largest absolute Gasteiger partial charge is 0.463 e. The summed E-state index contributed by atoms with van der Waals surface area (Å²) < 4.78 is 5.59. The molecule has 0 amide bonds. The normalized spacial score (nSPS) is 18.4. The van der Waals surface area contributed by atoms with Gasteiger partial charge in [0.2, 0.25) is 0 Å². The van der Waals surface area contributed by atoms with Crippen molar-refractivity contribution in [3.63, 3.8) is 0 Å². The molecule has 1 aliphatic carbocycles. The first-order valence-corrected chi connectivity index (χ1v) is 5.36. The van der Waals surface area contributed by atoms with Crippen LogP contribution in [-0.4, -0.2) is 11.2 Å². The van der Waals surface area contributed by atoms with Gasteiger partial charge >= 0.3 is 0 Å². The van der Waals surface area contributed by atoms with Crippen molar-refractivity contribution in [2.24, 2.45) is 0 Å². The first kappa shape index (κ1) is 9.43. The lowest BCUT2D eigenvalue weighted by Gasteiger charge is -2.10. The van der Waals surface area contributed by atoms with Crippen molar-refractivity contribution in [1.82, 2.24) is 0 Å². The molecule has 1 atom stereocenters. The Balaban J connectivity index is 2.10. The van der Waals surface area contributed by atoms with Crippen LogP contribution in [0, 0.1) is 0 Å². The molecule has 1 heterocycles. The van der Waals surface area contributed by atoms with Gasteiger partial charge in [0, 0.05) is 23.1 Å². The highest BCUT2D eigenvalue weighted by molar-refractivity contribution is 5.74. The van der Waals surface area contributed by atoms with Crippen LogP contribution in [0.1, 0.15) is 11.1 Å². The Hall–Kier alpha value is -1.80. The van der Waals surface area contributed by atoms with Gasteiger partial charge in [-0.2, -0.15) is 0 Å². The second kappa shape index (κ2) is 3.65. The fraction of sp³-hybridized carbons (Fsp3) is 0.143. The Bertz CT molecular complexity index is 523. The van der Waals surface area contributed by atoms with E-state index in [1.54, 1.807) is 6.26 Å². The molecule has 80 valence electrons. The number of aliphatic hydroxyl groups is 1. The molecule has 1 aliphatic rings. The van der Waals surface area contributed by atoms with E-state index in [2.05, 4.69) is 0 Å². The van der Waals surface area contributed by atoms with Crippen LogP contribution in [0.4, 0.5) is 0 Å². The predicted molar refractivity (Wildman–Crippen MR) is 62.9 cm³/mol. The molecule has 0 radical (unpaired) electrons. The summed E-state index contributed by atoms with van der Waals surface area (Å²) in [4.78, 5) is 0. The molecule has 0 fully saturated rings. The first-order valence-electron chi connectivity index (χ1n) is 5.36. The van der Waals surface area contributed by atoms with Gasteiger partial charge in [-0.15, -0.1) is 0 Å². The van der Waals surface area contributed by atoms with E-state index in [0.717, 1.165) is 22.5 Å². The van der Waals surface area contributed by atoms with Gasteiger partial charge in [0.25, 0.3) is 0 Å². The van der Waals surface area contributed by atoms with Gasteiger partial charge in [0.05, 0.1) is 12.4 Å². The fourth-order valence-corrected chi connectivity index (χ4v) is 2.06. The molecule has 0 spiro atoms. The van der Waals surface area contributed by atoms with E-state index in [1.165, 1.54) is 0 Å². The zero-order chi connectivity index (χ0) is 11.0. The third-order valence-electron chi connectivity index (χ3n) is 2.86. The van der Waals surface area contributed by atoms with Crippen molar-refractivity contribution in [1.29, 1.82) is 0 Å². The molecular formula is C14H12O2. The van der Waals surface area contributed by atoms with Gasteiger partial charge in [-0.1, -0.05) is 42.5 Å². The minimum absolute atomic E-state index is 0.381. The molecule has 1 unspecified atom stereocenters. The van der Waals surface area contributed by atoms with Crippen molar-refractivity contribution in [3.05, 3.63) is 53.8 Å². The van der Waals surface area contributed by atoms with E-state index in [0.29, 0.717) is 6.42 Å². The summed E-state index contributed by atoms with van der Waals surface area (Å²) in [6, 6.07) is 10.0. The maximum Gasteiger partial charge on any atom is 0.141 e. The Morgan fingerprint density at radius 2 is 2.00 bits per heavy atom. The van der Waals surface area contributed by atoms with Gasteiger partial charge in [0.15, 0.2) is 0 Å². The highest BCUT2D eigenvalue weighted by Crippen LogP contribution is 2.32. The SMILES string of the molecule is OC1C=Cc2c(coc2-c2ccccc2)C1. The Labute approximate surface area is 93.8 Å². The highest BCUT2D eigenvalue weighted by Gasteiger charge is 2.18. The third-order valence-corrected chi connectivity index (χ3v) is 2.86. The minimum atomic E-state index is -0.381. The zero-order valence-corrected chi connectivity index (χ0v) is 8.76. The quantitative estimate of drug-likeness (QED) is 0.788. The third kappa shape index (κ3) is 1.48. The molecule has 2 aromatic rings. The summed E-state index contributed by atoms with van der Waals surface area (Å²) in [5, 5.41) is 9.51. The maximum absolute atomic E-state index is 9.51. The summed E-state index contributed by atoms with van der Waals surface area (Å²) in [5.74, 6) is 0.888. The average Bonchev–Trinajstić information content (AvgIpc) is 2.73. The summed E-state index contributed by atoms with van der Waals surface area (Å²) in [5.41, 5.74) is 3.25. The van der Waals surface area contributed by atoms with Crippen molar-refractivity contribution in [3.8, 4) is 11.3 Å². The molecule has 3 rings (SSSR count). The lowest BCUT2D eigenvalue weighted by molar-refractivity contribution is 0.223. The van der Waals surface area contributed by atoms with Gasteiger partial charge in [-0.3, -0.25) is 0 Å². The molecular weight excluding hydrogens is 200 g/mol. The molecule has 0 aliphatic heterocycles. The highest BCUT2D eigenvalue weighted by atomic mass is 16.3. The number of benzene rings is 1. The van der Waals surface area contributed by atoms with Crippen molar-refractivity contribution >= 4 is 6.08 Å². The molecule has 2 nitrogen and oxygen atoms in total. The van der Waals surface area contributed by atoms with E-state index in [1.807, 2.05) is 42.5 Å². The van der Waals surface area contributed by atoms with Crippen LogP contribution in [-0.2, 0) is 6.42 Å². The summed E-state index contributed by atoms with van der Waals surface area (Å²) in [7, 11) is 0. The van der Waals surface area contributed by atoms with Gasteiger partial charge in [-0.25, -0.2) is 0 Å². The smallest absolute Gasteiger partial charge is 0.141 e. The molecule has 0 bridgehead atoms. The van der Waals surface area contributed by atoms with Crippen LogP contribution in [0.2, 0.25) is 0 Å². The summed E-state index contributed by atoms with van der Waals surface area (Å²) in [6.45, 7) is 0. The zero-order valence-electron chi connectivity index (χ0n) is 8.76. The number of hydrogen-bond acceptors (Lipinski definition) is 2.